The van der Waals surface area contributed by atoms with Crippen LogP contribution in [0.3, 0.4) is 0 Å². The largest absolute Gasteiger partial charge is 0.473 e. The van der Waals surface area contributed by atoms with E-state index in [4.69, 9.17) is 19.8 Å². The van der Waals surface area contributed by atoms with Crippen LogP contribution in [0.5, 0.6) is 0 Å². The van der Waals surface area contributed by atoms with E-state index in [2.05, 4.69) is 32.9 Å². The van der Waals surface area contributed by atoms with Crippen molar-refractivity contribution in [2.24, 2.45) is 5.92 Å². The van der Waals surface area contributed by atoms with E-state index >= 15 is 0 Å². The van der Waals surface area contributed by atoms with Crippen LogP contribution < -0.4 is 4.31 Å². The van der Waals surface area contributed by atoms with Crippen molar-refractivity contribution in [1.29, 1.82) is 0 Å². The molecular formula is C21H21N3O5S. The van der Waals surface area contributed by atoms with Gasteiger partial charge in [0.15, 0.2) is 5.78 Å². The summed E-state index contributed by atoms with van der Waals surface area (Å²) in [4.78, 5) is 35.5. The van der Waals surface area contributed by atoms with Crippen molar-refractivity contribution < 1.29 is 24.6 Å². The Bertz CT molecular complexity index is 1050. The van der Waals surface area contributed by atoms with E-state index in [0.29, 0.717) is 0 Å². The van der Waals surface area contributed by atoms with Gasteiger partial charge in [-0.15, -0.1) is 0 Å². The fraction of sp³-hybridized carbons (Fsp3) is 0.238. The van der Waals surface area contributed by atoms with Crippen molar-refractivity contribution in [3.8, 4) is 0 Å². The molecule has 2 aromatic heterocycles. The average molecular weight is 427 g/mol. The van der Waals surface area contributed by atoms with Crippen LogP contribution in [0, 0.1) is 5.92 Å². The minimum absolute atomic E-state index is 0.0197. The van der Waals surface area contributed by atoms with Gasteiger partial charge in [-0.25, -0.2) is 9.59 Å². The number of nitrogens with zero attached hydrogens (tertiary/aromatic N) is 3. The van der Waals surface area contributed by atoms with Gasteiger partial charge in [-0.2, -0.15) is 0 Å². The molecule has 2 N–H and O–H groups in total. The molecule has 0 bridgehead atoms. The molecule has 0 aliphatic carbocycles. The van der Waals surface area contributed by atoms with Gasteiger partial charge >= 0.3 is 11.9 Å². The molecule has 9 heteroatoms. The molecule has 0 spiro atoms. The predicted octanol–water partition coefficient (Wildman–Crippen LogP) is 3.18. The van der Waals surface area contributed by atoms with Gasteiger partial charge in [0.25, 0.3) is 0 Å². The van der Waals surface area contributed by atoms with E-state index in [1.54, 1.807) is 18.1 Å². The van der Waals surface area contributed by atoms with Crippen molar-refractivity contribution in [3.63, 3.8) is 0 Å². The summed E-state index contributed by atoms with van der Waals surface area (Å²) >= 11 is 1.71. The van der Waals surface area contributed by atoms with Gasteiger partial charge in [0.05, 0.1) is 17.8 Å². The molecular weight excluding hydrogens is 406 g/mol. The van der Waals surface area contributed by atoms with E-state index < -0.39 is 11.9 Å². The Kier molecular flexibility index (Phi) is 6.73. The molecule has 1 aliphatic rings. The fourth-order valence-electron chi connectivity index (χ4n) is 3.25. The van der Waals surface area contributed by atoms with Gasteiger partial charge in [0.1, 0.15) is 0 Å². The van der Waals surface area contributed by atoms with Gasteiger partial charge in [-0.05, 0) is 37.1 Å². The normalized spacial score (nSPS) is 15.5. The average Bonchev–Trinajstić information content (AvgIpc) is 3.40. The number of aromatic nitrogens is 2. The molecule has 4 rings (SSSR count). The number of benzene rings is 1. The maximum absolute atomic E-state index is 13.1. The van der Waals surface area contributed by atoms with E-state index in [9.17, 15) is 4.79 Å². The Balaban J connectivity index is 0.000000377. The minimum Gasteiger partial charge on any atom is -0.473 e. The molecule has 0 saturated carbocycles. The summed E-state index contributed by atoms with van der Waals surface area (Å²) < 4.78 is 4.33. The SMILES string of the molecule is CCn1cc(C(=O)C2CSN(c3cccnc3)C2)c2ccccc21.O=C(O)C(=O)O. The maximum atomic E-state index is 13.1. The lowest BCUT2D eigenvalue weighted by Gasteiger charge is -2.15. The van der Waals surface area contributed by atoms with Crippen LogP contribution >= 0.6 is 11.9 Å². The monoisotopic (exact) mass is 427 g/mol. The molecule has 156 valence electrons. The molecule has 0 amide bonds. The zero-order valence-corrected chi connectivity index (χ0v) is 17.1. The molecule has 1 unspecified atom stereocenters. The van der Waals surface area contributed by atoms with Crippen molar-refractivity contribution in [2.75, 3.05) is 16.6 Å². The summed E-state index contributed by atoms with van der Waals surface area (Å²) in [6.07, 6.45) is 5.64. The number of carbonyl (C=O) groups excluding carboxylic acids is 1. The first kappa shape index (κ1) is 21.4. The summed E-state index contributed by atoms with van der Waals surface area (Å²) in [5.41, 5.74) is 3.05. The molecule has 30 heavy (non-hydrogen) atoms. The molecule has 1 fully saturated rings. The Morgan fingerprint density at radius 3 is 2.50 bits per heavy atom. The quantitative estimate of drug-likeness (QED) is 0.371. The highest BCUT2D eigenvalue weighted by atomic mass is 32.2. The molecule has 8 nitrogen and oxygen atoms in total. The van der Waals surface area contributed by atoms with Crippen molar-refractivity contribution in [2.45, 2.75) is 13.5 Å². The molecule has 1 aliphatic heterocycles. The minimum atomic E-state index is -1.82. The molecule has 1 atom stereocenters. The summed E-state index contributed by atoms with van der Waals surface area (Å²) in [7, 11) is 0. The van der Waals surface area contributed by atoms with Crippen LogP contribution in [0.2, 0.25) is 0 Å². The second-order valence-electron chi connectivity index (χ2n) is 6.59. The lowest BCUT2D eigenvalue weighted by atomic mass is 9.98. The number of fused-ring (bicyclic) bond motifs is 1. The van der Waals surface area contributed by atoms with Crippen molar-refractivity contribution >= 4 is 46.3 Å². The first-order valence-corrected chi connectivity index (χ1v) is 10.2. The third-order valence-corrected chi connectivity index (χ3v) is 5.92. The zero-order chi connectivity index (χ0) is 21.7. The Morgan fingerprint density at radius 2 is 1.87 bits per heavy atom. The van der Waals surface area contributed by atoms with Gasteiger partial charge in [0.2, 0.25) is 0 Å². The van der Waals surface area contributed by atoms with Crippen LogP contribution in [0.4, 0.5) is 5.69 Å². The maximum Gasteiger partial charge on any atom is 0.414 e. The number of rotatable bonds is 4. The number of ketones is 1. The lowest BCUT2D eigenvalue weighted by Crippen LogP contribution is -2.22. The van der Waals surface area contributed by atoms with Crippen molar-refractivity contribution in [3.05, 3.63) is 60.6 Å². The van der Waals surface area contributed by atoms with Crippen LogP contribution in [-0.2, 0) is 16.1 Å². The third kappa shape index (κ3) is 4.62. The first-order valence-electron chi connectivity index (χ1n) is 9.31. The molecule has 3 heterocycles. The summed E-state index contributed by atoms with van der Waals surface area (Å²) in [6.45, 7) is 3.71. The molecule has 1 aromatic carbocycles. The zero-order valence-electron chi connectivity index (χ0n) is 16.3. The highest BCUT2D eigenvalue weighted by Crippen LogP contribution is 2.34. The number of carboxylic acid groups (broad SMARTS) is 2. The molecule has 1 saturated heterocycles. The number of aryl methyl sites for hydroxylation is 1. The number of anilines is 1. The van der Waals surface area contributed by atoms with Crippen LogP contribution in [-0.4, -0.2) is 49.8 Å². The van der Waals surface area contributed by atoms with E-state index in [-0.39, 0.29) is 11.7 Å². The van der Waals surface area contributed by atoms with Crippen molar-refractivity contribution in [1.82, 2.24) is 9.55 Å². The number of Topliss-reactive ketones (excluding diaryl/α,β-unsaturated/α-hetero) is 1. The number of hydrogen-bond acceptors (Lipinski definition) is 6. The number of carbonyl (C=O) groups is 3. The second-order valence-corrected chi connectivity index (χ2v) is 7.62. The fourth-order valence-corrected chi connectivity index (χ4v) is 4.41. The Hall–Kier alpha value is -3.33. The van der Waals surface area contributed by atoms with Gasteiger partial charge in [0, 0.05) is 47.7 Å². The Labute approximate surface area is 177 Å². The summed E-state index contributed by atoms with van der Waals surface area (Å²) in [6, 6.07) is 12.1. The van der Waals surface area contributed by atoms with Crippen LogP contribution in [0.15, 0.2) is 55.0 Å². The van der Waals surface area contributed by atoms with Crippen LogP contribution in [0.25, 0.3) is 10.9 Å². The smallest absolute Gasteiger partial charge is 0.414 e. The second kappa shape index (κ2) is 9.45. The lowest BCUT2D eigenvalue weighted by molar-refractivity contribution is -0.159. The van der Waals surface area contributed by atoms with Gasteiger partial charge in [-0.3, -0.25) is 9.78 Å². The highest BCUT2D eigenvalue weighted by Gasteiger charge is 2.31. The first-order chi connectivity index (χ1) is 14.4. The van der Waals surface area contributed by atoms with Gasteiger partial charge < -0.3 is 19.1 Å². The third-order valence-electron chi connectivity index (χ3n) is 4.70. The number of hydrogen-bond donors (Lipinski definition) is 2. The summed E-state index contributed by atoms with van der Waals surface area (Å²) in [5.74, 6) is -2.56. The number of aliphatic carboxylic acids is 2. The van der Waals surface area contributed by atoms with E-state index in [1.807, 2.05) is 36.7 Å². The molecule has 0 radical (unpaired) electrons. The standard InChI is InChI=1S/C19H19N3OS.C2H2O4/c1-2-21-12-17(16-7-3-4-8-18(16)21)19(23)14-11-22(24-13-14)15-6-5-9-20-10-15;3-1(4)2(5)6/h3-10,12,14H,2,11,13H2,1H3;(H,3,4)(H,5,6). The number of carboxylic acids is 2. The Morgan fingerprint density at radius 1 is 1.13 bits per heavy atom. The van der Waals surface area contributed by atoms with E-state index in [1.165, 1.54) is 0 Å². The molecule has 3 aromatic rings. The highest BCUT2D eigenvalue weighted by molar-refractivity contribution is 8.00. The topological polar surface area (TPSA) is 113 Å². The summed E-state index contributed by atoms with van der Waals surface area (Å²) in [5, 5.41) is 15.8. The number of pyridine rings is 1. The van der Waals surface area contributed by atoms with Gasteiger partial charge in [-0.1, -0.05) is 18.2 Å². The predicted molar refractivity (Wildman–Crippen MR) is 115 cm³/mol. The number of para-hydroxylation sites is 1. The van der Waals surface area contributed by atoms with Crippen LogP contribution in [0.1, 0.15) is 17.3 Å². The van der Waals surface area contributed by atoms with E-state index in [0.717, 1.165) is 41.0 Å².